The first kappa shape index (κ1) is 15.4. The molecule has 1 heterocycles. The van der Waals surface area contributed by atoms with Crippen molar-refractivity contribution in [1.29, 1.82) is 0 Å². The molecule has 7 heteroatoms. The highest BCUT2D eigenvalue weighted by Gasteiger charge is 2.39. The monoisotopic (exact) mass is 274 g/mol. The van der Waals surface area contributed by atoms with Gasteiger partial charge in [-0.15, -0.1) is 0 Å². The molecule has 1 saturated heterocycles. The van der Waals surface area contributed by atoms with Crippen molar-refractivity contribution in [3.05, 3.63) is 0 Å². The van der Waals surface area contributed by atoms with E-state index in [1.807, 2.05) is 0 Å². The van der Waals surface area contributed by atoms with E-state index in [-0.39, 0.29) is 6.61 Å². The molecule has 1 unspecified atom stereocenters. The van der Waals surface area contributed by atoms with Crippen LogP contribution in [0.2, 0.25) is 0 Å². The van der Waals surface area contributed by atoms with Crippen LogP contribution in [0.4, 0.5) is 0 Å². The molecule has 1 fully saturated rings. The van der Waals surface area contributed by atoms with Crippen LogP contribution in [0.3, 0.4) is 0 Å². The zero-order valence-corrected chi connectivity index (χ0v) is 11.2. The Hall–Kier alpha value is -1.63. The molecule has 0 aromatic rings. The van der Waals surface area contributed by atoms with Gasteiger partial charge < -0.3 is 18.9 Å². The molecule has 0 radical (unpaired) electrons. The molecule has 0 aromatic heterocycles. The van der Waals surface area contributed by atoms with E-state index in [2.05, 4.69) is 0 Å². The van der Waals surface area contributed by atoms with Gasteiger partial charge in [0.05, 0.1) is 6.61 Å². The van der Waals surface area contributed by atoms with Crippen molar-refractivity contribution < 1.29 is 33.3 Å². The summed E-state index contributed by atoms with van der Waals surface area (Å²) in [5, 5.41) is 0. The number of hydrogen-bond donors (Lipinski definition) is 0. The SMILES string of the molecule is CC(=O)OCC1OCC[C@H](OC(C)=O)[C@@H]1OC(C)=O. The summed E-state index contributed by atoms with van der Waals surface area (Å²) in [4.78, 5) is 32.9. The Morgan fingerprint density at radius 2 is 1.68 bits per heavy atom. The van der Waals surface area contributed by atoms with E-state index in [4.69, 9.17) is 18.9 Å². The minimum Gasteiger partial charge on any atom is -0.463 e. The Kier molecular flexibility index (Phi) is 5.75. The van der Waals surface area contributed by atoms with Crippen LogP contribution in [-0.2, 0) is 33.3 Å². The fraction of sp³-hybridized carbons (Fsp3) is 0.750. The van der Waals surface area contributed by atoms with Crippen molar-refractivity contribution in [3.8, 4) is 0 Å². The molecule has 3 atom stereocenters. The summed E-state index contributed by atoms with van der Waals surface area (Å²) in [5.74, 6) is -1.43. The van der Waals surface area contributed by atoms with E-state index in [9.17, 15) is 14.4 Å². The van der Waals surface area contributed by atoms with E-state index in [1.54, 1.807) is 0 Å². The zero-order valence-electron chi connectivity index (χ0n) is 11.2. The van der Waals surface area contributed by atoms with Gasteiger partial charge in [-0.05, 0) is 0 Å². The number of esters is 3. The molecule has 0 bridgehead atoms. The molecule has 0 spiro atoms. The fourth-order valence-corrected chi connectivity index (χ4v) is 1.86. The third-order valence-electron chi connectivity index (χ3n) is 2.54. The predicted octanol–water partition coefficient (Wildman–Crippen LogP) is 0.202. The van der Waals surface area contributed by atoms with Gasteiger partial charge in [0, 0.05) is 27.2 Å². The third-order valence-corrected chi connectivity index (χ3v) is 2.54. The molecule has 1 rings (SSSR count). The highest BCUT2D eigenvalue weighted by molar-refractivity contribution is 5.67. The lowest BCUT2D eigenvalue weighted by atomic mass is 10.0. The van der Waals surface area contributed by atoms with E-state index in [0.29, 0.717) is 13.0 Å². The molecule has 19 heavy (non-hydrogen) atoms. The molecule has 0 saturated carbocycles. The summed E-state index contributed by atoms with van der Waals surface area (Å²) in [7, 11) is 0. The molecular formula is C12H18O7. The number of carbonyl (C=O) groups excluding carboxylic acids is 3. The Morgan fingerprint density at radius 1 is 1.05 bits per heavy atom. The predicted molar refractivity (Wildman–Crippen MR) is 62.1 cm³/mol. The van der Waals surface area contributed by atoms with Gasteiger partial charge in [-0.3, -0.25) is 14.4 Å². The Labute approximate surface area is 111 Å². The number of hydrogen-bond acceptors (Lipinski definition) is 7. The van der Waals surface area contributed by atoms with Crippen molar-refractivity contribution in [2.45, 2.75) is 45.5 Å². The number of rotatable bonds is 4. The first-order valence-electron chi connectivity index (χ1n) is 5.99. The van der Waals surface area contributed by atoms with Gasteiger partial charge in [0.15, 0.2) is 6.10 Å². The second-order valence-electron chi connectivity index (χ2n) is 4.22. The van der Waals surface area contributed by atoms with Gasteiger partial charge in [-0.1, -0.05) is 0 Å². The summed E-state index contributed by atoms with van der Waals surface area (Å²) in [6, 6.07) is 0. The zero-order chi connectivity index (χ0) is 14.4. The van der Waals surface area contributed by atoms with Gasteiger partial charge in [0.2, 0.25) is 0 Å². The molecule has 0 aliphatic carbocycles. The molecule has 1 aliphatic heterocycles. The molecular weight excluding hydrogens is 256 g/mol. The lowest BCUT2D eigenvalue weighted by molar-refractivity contribution is -0.200. The third kappa shape index (κ3) is 5.25. The summed E-state index contributed by atoms with van der Waals surface area (Å²) in [6.07, 6.45) is -1.57. The Bertz CT molecular complexity index is 352. The van der Waals surface area contributed by atoms with Gasteiger partial charge >= 0.3 is 17.9 Å². The Morgan fingerprint density at radius 3 is 2.21 bits per heavy atom. The molecule has 7 nitrogen and oxygen atoms in total. The molecule has 0 amide bonds. The van der Waals surface area contributed by atoms with Crippen LogP contribution in [0.1, 0.15) is 27.2 Å². The quantitative estimate of drug-likeness (QED) is 0.534. The van der Waals surface area contributed by atoms with E-state index in [1.165, 1.54) is 20.8 Å². The Balaban J connectivity index is 2.72. The lowest BCUT2D eigenvalue weighted by Crippen LogP contribution is -2.50. The van der Waals surface area contributed by atoms with Crippen molar-refractivity contribution in [1.82, 2.24) is 0 Å². The van der Waals surface area contributed by atoms with Crippen molar-refractivity contribution >= 4 is 17.9 Å². The van der Waals surface area contributed by atoms with Gasteiger partial charge in [-0.25, -0.2) is 0 Å². The lowest BCUT2D eigenvalue weighted by Gasteiger charge is -2.36. The summed E-state index contributed by atoms with van der Waals surface area (Å²) in [5.41, 5.74) is 0. The van der Waals surface area contributed by atoms with Crippen molar-refractivity contribution in [3.63, 3.8) is 0 Å². The standard InChI is InChI=1S/C12H18O7/c1-7(13)17-6-11-12(19-9(3)15)10(4-5-16-11)18-8(2)14/h10-12H,4-6H2,1-3H3/t10-,11?,12-/m0/s1. The second-order valence-corrected chi connectivity index (χ2v) is 4.22. The summed E-state index contributed by atoms with van der Waals surface area (Å²) in [6.45, 7) is 4.09. The average Bonchev–Trinajstić information content (AvgIpc) is 2.28. The smallest absolute Gasteiger partial charge is 0.303 e. The van der Waals surface area contributed by atoms with Crippen molar-refractivity contribution in [2.75, 3.05) is 13.2 Å². The van der Waals surface area contributed by atoms with Crippen LogP contribution in [0, 0.1) is 0 Å². The van der Waals surface area contributed by atoms with Crippen LogP contribution < -0.4 is 0 Å². The molecule has 0 N–H and O–H groups in total. The maximum Gasteiger partial charge on any atom is 0.303 e. The van der Waals surface area contributed by atoms with Crippen molar-refractivity contribution in [2.24, 2.45) is 0 Å². The number of carbonyl (C=O) groups is 3. The second kappa shape index (κ2) is 7.08. The maximum atomic E-state index is 11.1. The first-order chi connectivity index (χ1) is 8.90. The average molecular weight is 274 g/mol. The topological polar surface area (TPSA) is 88.1 Å². The largest absolute Gasteiger partial charge is 0.463 e. The minimum absolute atomic E-state index is 0.0506. The fourth-order valence-electron chi connectivity index (χ4n) is 1.86. The maximum absolute atomic E-state index is 11.1. The van der Waals surface area contributed by atoms with E-state index < -0.39 is 36.2 Å². The highest BCUT2D eigenvalue weighted by atomic mass is 16.6. The summed E-state index contributed by atoms with van der Waals surface area (Å²) < 4.78 is 20.5. The van der Waals surface area contributed by atoms with Crippen LogP contribution in [0.15, 0.2) is 0 Å². The van der Waals surface area contributed by atoms with Crippen LogP contribution in [-0.4, -0.2) is 49.4 Å². The highest BCUT2D eigenvalue weighted by Crippen LogP contribution is 2.22. The van der Waals surface area contributed by atoms with E-state index >= 15 is 0 Å². The molecule has 1 aliphatic rings. The normalized spacial score (nSPS) is 26.4. The van der Waals surface area contributed by atoms with Gasteiger partial charge in [0.25, 0.3) is 0 Å². The summed E-state index contributed by atoms with van der Waals surface area (Å²) >= 11 is 0. The van der Waals surface area contributed by atoms with E-state index in [0.717, 1.165) is 0 Å². The molecule has 108 valence electrons. The van der Waals surface area contributed by atoms with Gasteiger partial charge in [0.1, 0.15) is 18.8 Å². The minimum atomic E-state index is -0.769. The van der Waals surface area contributed by atoms with Crippen LogP contribution >= 0.6 is 0 Å². The number of ether oxygens (including phenoxy) is 4. The van der Waals surface area contributed by atoms with Crippen LogP contribution in [0.5, 0.6) is 0 Å². The van der Waals surface area contributed by atoms with Gasteiger partial charge in [-0.2, -0.15) is 0 Å². The first-order valence-corrected chi connectivity index (χ1v) is 5.99. The molecule has 0 aromatic carbocycles. The van der Waals surface area contributed by atoms with Crippen LogP contribution in [0.25, 0.3) is 0 Å².